The lowest BCUT2D eigenvalue weighted by atomic mass is 10.1. The third-order valence-corrected chi connectivity index (χ3v) is 6.38. The summed E-state index contributed by atoms with van der Waals surface area (Å²) in [5.74, 6) is 0.480. The molecule has 3 amide bonds. The Morgan fingerprint density at radius 3 is 2.50 bits per heavy atom. The first-order valence-corrected chi connectivity index (χ1v) is 11.2. The van der Waals surface area contributed by atoms with Crippen LogP contribution in [0.15, 0.2) is 66.7 Å². The molecule has 6 nitrogen and oxygen atoms in total. The van der Waals surface area contributed by atoms with Crippen LogP contribution in [0, 0.1) is 25.2 Å². The van der Waals surface area contributed by atoms with E-state index < -0.39 is 6.03 Å². The second-order valence-corrected chi connectivity index (χ2v) is 8.68. The van der Waals surface area contributed by atoms with Gasteiger partial charge >= 0.3 is 6.03 Å². The van der Waals surface area contributed by atoms with E-state index in [2.05, 4.69) is 16.7 Å². The van der Waals surface area contributed by atoms with Crippen LogP contribution >= 0.6 is 11.8 Å². The molecule has 3 aromatic rings. The highest BCUT2D eigenvalue weighted by Crippen LogP contribution is 2.43. The van der Waals surface area contributed by atoms with Crippen molar-refractivity contribution in [2.45, 2.75) is 19.2 Å². The molecule has 1 fully saturated rings. The molecule has 0 spiro atoms. The SMILES string of the molecule is Cc1ccc(C)c(N2C(=O)CSC2c2cccc(NC(=O)Nc3cccc(C#N)c3)c2)c1. The molecule has 0 saturated carbocycles. The summed E-state index contributed by atoms with van der Waals surface area (Å²) < 4.78 is 0. The molecule has 0 aliphatic carbocycles. The molecule has 3 aromatic carbocycles. The van der Waals surface area contributed by atoms with Crippen molar-refractivity contribution in [3.63, 3.8) is 0 Å². The number of anilines is 3. The first-order chi connectivity index (χ1) is 15.4. The molecule has 0 aromatic heterocycles. The number of hydrogen-bond donors (Lipinski definition) is 2. The van der Waals surface area contributed by atoms with E-state index in [4.69, 9.17) is 5.26 Å². The van der Waals surface area contributed by atoms with Gasteiger partial charge in [0.25, 0.3) is 0 Å². The Balaban J connectivity index is 1.54. The van der Waals surface area contributed by atoms with Gasteiger partial charge in [-0.1, -0.05) is 30.3 Å². The Kier molecular flexibility index (Phi) is 6.15. The smallest absolute Gasteiger partial charge is 0.308 e. The zero-order chi connectivity index (χ0) is 22.7. The number of nitrogens with zero attached hydrogens (tertiary/aromatic N) is 2. The predicted molar refractivity (Wildman–Crippen MR) is 129 cm³/mol. The van der Waals surface area contributed by atoms with Crippen LogP contribution in [0.25, 0.3) is 0 Å². The van der Waals surface area contributed by atoms with Crippen molar-refractivity contribution in [2.24, 2.45) is 0 Å². The van der Waals surface area contributed by atoms with E-state index in [-0.39, 0.29) is 11.3 Å². The van der Waals surface area contributed by atoms with Crippen LogP contribution < -0.4 is 15.5 Å². The van der Waals surface area contributed by atoms with Crippen molar-refractivity contribution in [3.8, 4) is 6.07 Å². The zero-order valence-corrected chi connectivity index (χ0v) is 18.6. The van der Waals surface area contributed by atoms with Crippen LogP contribution in [0.2, 0.25) is 0 Å². The molecule has 0 radical (unpaired) electrons. The Morgan fingerprint density at radius 2 is 1.75 bits per heavy atom. The Bertz CT molecular complexity index is 1230. The quantitative estimate of drug-likeness (QED) is 0.551. The Morgan fingerprint density at radius 1 is 1.03 bits per heavy atom. The number of carbonyl (C=O) groups is 2. The number of aryl methyl sites for hydroxylation is 2. The predicted octanol–water partition coefficient (Wildman–Crippen LogP) is 5.60. The molecule has 1 aliphatic rings. The van der Waals surface area contributed by atoms with Crippen molar-refractivity contribution < 1.29 is 9.59 Å². The van der Waals surface area contributed by atoms with Gasteiger partial charge in [-0.25, -0.2) is 4.79 Å². The fraction of sp³-hybridized carbons (Fsp3) is 0.160. The van der Waals surface area contributed by atoms with E-state index in [1.54, 1.807) is 42.1 Å². The first-order valence-electron chi connectivity index (χ1n) is 10.1. The number of rotatable bonds is 4. The summed E-state index contributed by atoms with van der Waals surface area (Å²) in [6, 6.07) is 22.0. The fourth-order valence-electron chi connectivity index (χ4n) is 3.64. The third kappa shape index (κ3) is 4.61. The van der Waals surface area contributed by atoms with E-state index in [1.165, 1.54) is 0 Å². The van der Waals surface area contributed by atoms with Crippen LogP contribution in [0.5, 0.6) is 0 Å². The number of carbonyl (C=O) groups excluding carboxylic acids is 2. The van der Waals surface area contributed by atoms with Gasteiger partial charge in [-0.2, -0.15) is 5.26 Å². The minimum atomic E-state index is -0.404. The summed E-state index contributed by atoms with van der Waals surface area (Å²) in [6.07, 6.45) is 0. The highest BCUT2D eigenvalue weighted by Gasteiger charge is 2.35. The Labute approximate surface area is 191 Å². The van der Waals surface area contributed by atoms with Gasteiger partial charge < -0.3 is 10.6 Å². The molecule has 0 bridgehead atoms. The molecular formula is C25H22N4O2S. The fourth-order valence-corrected chi connectivity index (χ4v) is 4.80. The van der Waals surface area contributed by atoms with Gasteiger partial charge in [-0.15, -0.1) is 11.8 Å². The highest BCUT2D eigenvalue weighted by atomic mass is 32.2. The minimum Gasteiger partial charge on any atom is -0.308 e. The summed E-state index contributed by atoms with van der Waals surface area (Å²) in [4.78, 5) is 27.0. The van der Waals surface area contributed by atoms with Crippen LogP contribution in [-0.2, 0) is 4.79 Å². The second-order valence-electron chi connectivity index (χ2n) is 7.61. The molecule has 2 N–H and O–H groups in total. The van der Waals surface area contributed by atoms with Crippen LogP contribution in [0.1, 0.15) is 27.6 Å². The number of nitrogens with one attached hydrogen (secondary N) is 2. The van der Waals surface area contributed by atoms with Gasteiger partial charge in [0.1, 0.15) is 5.37 Å². The van der Waals surface area contributed by atoms with Gasteiger partial charge in [-0.3, -0.25) is 9.69 Å². The molecule has 1 saturated heterocycles. The van der Waals surface area contributed by atoms with E-state index in [0.29, 0.717) is 22.7 Å². The monoisotopic (exact) mass is 442 g/mol. The van der Waals surface area contributed by atoms with Gasteiger partial charge in [0.2, 0.25) is 5.91 Å². The molecule has 32 heavy (non-hydrogen) atoms. The minimum absolute atomic E-state index is 0.0715. The van der Waals surface area contributed by atoms with Crippen molar-refractivity contribution >= 4 is 40.8 Å². The summed E-state index contributed by atoms with van der Waals surface area (Å²) >= 11 is 1.57. The summed E-state index contributed by atoms with van der Waals surface area (Å²) in [6.45, 7) is 4.02. The summed E-state index contributed by atoms with van der Waals surface area (Å²) in [7, 11) is 0. The summed E-state index contributed by atoms with van der Waals surface area (Å²) in [5.41, 5.74) is 5.63. The number of urea groups is 1. The maximum absolute atomic E-state index is 12.7. The van der Waals surface area contributed by atoms with Crippen molar-refractivity contribution in [1.82, 2.24) is 0 Å². The van der Waals surface area contributed by atoms with Gasteiger partial charge in [-0.05, 0) is 66.9 Å². The second kappa shape index (κ2) is 9.16. The number of hydrogen-bond acceptors (Lipinski definition) is 4. The van der Waals surface area contributed by atoms with Crippen LogP contribution in [0.4, 0.5) is 21.9 Å². The van der Waals surface area contributed by atoms with Crippen molar-refractivity contribution in [1.29, 1.82) is 5.26 Å². The van der Waals surface area contributed by atoms with Crippen molar-refractivity contribution in [2.75, 3.05) is 21.3 Å². The number of thioether (sulfide) groups is 1. The molecule has 1 heterocycles. The number of benzene rings is 3. The van der Waals surface area contributed by atoms with E-state index in [1.807, 2.05) is 55.1 Å². The van der Waals surface area contributed by atoms with E-state index >= 15 is 0 Å². The maximum atomic E-state index is 12.7. The normalized spacial score (nSPS) is 15.3. The third-order valence-electron chi connectivity index (χ3n) is 5.17. The lowest BCUT2D eigenvalue weighted by Crippen LogP contribution is -2.28. The van der Waals surface area contributed by atoms with Gasteiger partial charge in [0, 0.05) is 17.1 Å². The summed E-state index contributed by atoms with van der Waals surface area (Å²) in [5, 5.41) is 14.4. The lowest BCUT2D eigenvalue weighted by Gasteiger charge is -2.26. The number of amides is 3. The molecular weight excluding hydrogens is 420 g/mol. The molecule has 4 rings (SSSR count). The first kappa shape index (κ1) is 21.5. The number of nitriles is 1. The zero-order valence-electron chi connectivity index (χ0n) is 17.8. The van der Waals surface area contributed by atoms with Crippen LogP contribution in [0.3, 0.4) is 0 Å². The molecule has 1 atom stereocenters. The Hall–Kier alpha value is -3.76. The van der Waals surface area contributed by atoms with Gasteiger partial charge in [0.05, 0.1) is 17.4 Å². The highest BCUT2D eigenvalue weighted by molar-refractivity contribution is 8.00. The average Bonchev–Trinajstić information content (AvgIpc) is 3.17. The largest absolute Gasteiger partial charge is 0.323 e. The average molecular weight is 443 g/mol. The van der Waals surface area contributed by atoms with Gasteiger partial charge in [0.15, 0.2) is 0 Å². The topological polar surface area (TPSA) is 85.2 Å². The molecule has 7 heteroatoms. The maximum Gasteiger partial charge on any atom is 0.323 e. The van der Waals surface area contributed by atoms with Crippen molar-refractivity contribution in [3.05, 3.63) is 89.0 Å². The molecule has 1 aliphatic heterocycles. The van der Waals surface area contributed by atoms with E-state index in [0.717, 1.165) is 22.4 Å². The molecule has 160 valence electrons. The molecule has 1 unspecified atom stereocenters. The van der Waals surface area contributed by atoms with Crippen LogP contribution in [-0.4, -0.2) is 17.7 Å². The standard InChI is InChI=1S/C25H22N4O2S/c1-16-9-10-17(2)22(11-16)29-23(30)15-32-24(29)19-6-4-8-21(13-19)28-25(31)27-20-7-3-5-18(12-20)14-26/h3-13,24H,15H2,1-2H3,(H2,27,28,31). The van der Waals surface area contributed by atoms with E-state index in [9.17, 15) is 9.59 Å². The lowest BCUT2D eigenvalue weighted by molar-refractivity contribution is -0.115.